The zero-order valence-electron chi connectivity index (χ0n) is 39.6. The van der Waals surface area contributed by atoms with Gasteiger partial charge in [-0.15, -0.1) is 0 Å². The van der Waals surface area contributed by atoms with Gasteiger partial charge in [-0.2, -0.15) is 13.2 Å². The van der Waals surface area contributed by atoms with E-state index in [1.807, 2.05) is 48.5 Å². The van der Waals surface area contributed by atoms with Crippen molar-refractivity contribution in [3.05, 3.63) is 220 Å². The van der Waals surface area contributed by atoms with E-state index in [9.17, 15) is 0 Å². The van der Waals surface area contributed by atoms with E-state index in [1.54, 1.807) is 13.0 Å². The number of rotatable bonds is 6. The molecule has 0 N–H and O–H groups in total. The van der Waals surface area contributed by atoms with Gasteiger partial charge in [0.15, 0.2) is 5.69 Å². The smallest absolute Gasteiger partial charge is 0.310 e. The third-order valence-electron chi connectivity index (χ3n) is 14.0. The predicted molar refractivity (Wildman–Crippen MR) is 281 cm³/mol. The molecule has 0 aliphatic rings. The maximum Gasteiger partial charge on any atom is 0.417 e. The Kier molecular flexibility index (Phi) is 10.2. The molecule has 0 amide bonds. The van der Waals surface area contributed by atoms with Crippen molar-refractivity contribution in [1.29, 1.82) is 0 Å². The van der Waals surface area contributed by atoms with E-state index in [0.29, 0.717) is 16.8 Å². The molecule has 0 bridgehead atoms. The molecule has 0 radical (unpaired) electrons. The maximum atomic E-state index is 15.0. The average Bonchev–Trinajstić information content (AvgIpc) is 3.82. The van der Waals surface area contributed by atoms with Gasteiger partial charge in [0.05, 0.1) is 39.9 Å². The number of hydrogen-bond donors (Lipinski definition) is 0. The minimum absolute atomic E-state index is 0.138. The quantitative estimate of drug-likeness (QED) is 0.148. The van der Waals surface area contributed by atoms with Crippen molar-refractivity contribution in [2.24, 2.45) is 0 Å². The van der Waals surface area contributed by atoms with Gasteiger partial charge in [0.25, 0.3) is 0 Å². The first-order valence-corrected chi connectivity index (χ1v) is 23.3. The van der Waals surface area contributed by atoms with Crippen LogP contribution in [-0.4, -0.2) is 9.13 Å². The van der Waals surface area contributed by atoms with Crippen LogP contribution in [-0.2, 0) is 6.18 Å². The summed E-state index contributed by atoms with van der Waals surface area (Å²) in [6, 6.07) is 54.6. The average molecular weight is 904 g/mol. The molecule has 0 aliphatic carbocycles. The normalized spacial score (nSPS) is 11.9. The molecule has 2 aromatic heterocycles. The molecule has 11 rings (SSSR count). The van der Waals surface area contributed by atoms with Crippen LogP contribution in [0.2, 0.25) is 0 Å². The lowest BCUT2D eigenvalue weighted by Gasteiger charge is -2.22. The van der Waals surface area contributed by atoms with Crippen molar-refractivity contribution in [1.82, 2.24) is 9.13 Å². The summed E-state index contributed by atoms with van der Waals surface area (Å²) in [6.45, 7) is 22.9. The SMILES string of the molecule is [C-]#[N+]c1ccc(-c2cc(-c3c(C)cccc3C(F)(F)F)ccc2-n2c3ccccc3c3cc(-c4c(C)cc(C)cc4C)ccc32)c(-n2c3ccccc3c3cc(-c4c(C)cc(C)cc4C)ccc32)c1. The second-order valence-corrected chi connectivity index (χ2v) is 18.8. The molecule has 11 aromatic rings. The van der Waals surface area contributed by atoms with Crippen LogP contribution in [0.3, 0.4) is 0 Å². The van der Waals surface area contributed by atoms with E-state index in [2.05, 4.69) is 153 Å². The molecule has 9 aromatic carbocycles. The van der Waals surface area contributed by atoms with Crippen molar-refractivity contribution < 1.29 is 13.2 Å². The van der Waals surface area contributed by atoms with Gasteiger partial charge in [0.2, 0.25) is 0 Å². The van der Waals surface area contributed by atoms with Crippen molar-refractivity contribution in [3.63, 3.8) is 0 Å². The molecule has 336 valence electrons. The fourth-order valence-electron chi connectivity index (χ4n) is 11.4. The molecule has 0 unspecified atom stereocenters. The number of aromatic nitrogens is 2. The number of hydrogen-bond acceptors (Lipinski definition) is 0. The number of para-hydroxylation sites is 2. The number of aryl methyl sites for hydroxylation is 7. The van der Waals surface area contributed by atoms with E-state index in [4.69, 9.17) is 6.57 Å². The van der Waals surface area contributed by atoms with Gasteiger partial charge in [-0.25, -0.2) is 4.85 Å². The molecule has 0 saturated carbocycles. The maximum absolute atomic E-state index is 15.0. The Morgan fingerprint density at radius 2 is 0.870 bits per heavy atom. The Labute approximate surface area is 400 Å². The number of benzene rings is 9. The summed E-state index contributed by atoms with van der Waals surface area (Å²) in [5.74, 6) is 0. The van der Waals surface area contributed by atoms with Crippen LogP contribution in [0.5, 0.6) is 0 Å². The summed E-state index contributed by atoms with van der Waals surface area (Å²) in [5, 5.41) is 4.24. The molecule has 6 heteroatoms. The molecule has 0 atom stereocenters. The first-order valence-electron chi connectivity index (χ1n) is 23.3. The van der Waals surface area contributed by atoms with Crippen LogP contribution < -0.4 is 0 Å². The van der Waals surface area contributed by atoms with Gasteiger partial charge in [0, 0.05) is 38.4 Å². The molecular weight excluding hydrogens is 856 g/mol. The monoisotopic (exact) mass is 903 g/mol. The predicted octanol–water partition coefficient (Wildman–Crippen LogP) is 18.3. The van der Waals surface area contributed by atoms with Crippen LogP contribution in [0.15, 0.2) is 164 Å². The van der Waals surface area contributed by atoms with Gasteiger partial charge < -0.3 is 9.13 Å². The van der Waals surface area contributed by atoms with Gasteiger partial charge in [-0.3, -0.25) is 0 Å². The van der Waals surface area contributed by atoms with E-state index >= 15 is 13.2 Å². The van der Waals surface area contributed by atoms with E-state index in [1.165, 1.54) is 56.6 Å². The molecule has 2 heterocycles. The van der Waals surface area contributed by atoms with Crippen molar-refractivity contribution in [3.8, 4) is 55.9 Å². The molecule has 0 aliphatic heterocycles. The number of fused-ring (bicyclic) bond motifs is 6. The molecule has 0 spiro atoms. The Morgan fingerprint density at radius 1 is 0.391 bits per heavy atom. The zero-order chi connectivity index (χ0) is 48.0. The summed E-state index contributed by atoms with van der Waals surface area (Å²) < 4.78 is 49.5. The zero-order valence-corrected chi connectivity index (χ0v) is 39.6. The Hall–Kier alpha value is -8.14. The second kappa shape index (κ2) is 16.3. The fourth-order valence-corrected chi connectivity index (χ4v) is 11.4. The molecule has 0 fully saturated rings. The lowest BCUT2D eigenvalue weighted by molar-refractivity contribution is -0.137. The summed E-state index contributed by atoms with van der Waals surface area (Å²) in [4.78, 5) is 3.94. The fraction of sp³-hybridized carbons (Fsp3) is 0.127. The highest BCUT2D eigenvalue weighted by Crippen LogP contribution is 2.47. The number of nitrogens with zero attached hydrogens (tertiary/aromatic N) is 3. The Balaban J connectivity index is 1.23. The van der Waals surface area contributed by atoms with Crippen LogP contribution in [0.25, 0.3) is 104 Å². The van der Waals surface area contributed by atoms with Crippen LogP contribution in [0.1, 0.15) is 44.5 Å². The lowest BCUT2D eigenvalue weighted by atomic mass is 9.90. The van der Waals surface area contributed by atoms with E-state index in [0.717, 1.165) is 77.2 Å². The molecule has 0 saturated heterocycles. The van der Waals surface area contributed by atoms with Gasteiger partial charge in [0.1, 0.15) is 0 Å². The minimum atomic E-state index is -4.58. The summed E-state index contributed by atoms with van der Waals surface area (Å²) >= 11 is 0. The summed E-state index contributed by atoms with van der Waals surface area (Å²) in [7, 11) is 0. The highest BCUT2D eigenvalue weighted by Gasteiger charge is 2.34. The van der Waals surface area contributed by atoms with Crippen LogP contribution >= 0.6 is 0 Å². The van der Waals surface area contributed by atoms with Gasteiger partial charge in [-0.1, -0.05) is 114 Å². The van der Waals surface area contributed by atoms with Crippen LogP contribution in [0.4, 0.5) is 18.9 Å². The highest BCUT2D eigenvalue weighted by atomic mass is 19.4. The largest absolute Gasteiger partial charge is 0.417 e. The minimum Gasteiger partial charge on any atom is -0.310 e. The molecule has 69 heavy (non-hydrogen) atoms. The number of alkyl halides is 3. The Bertz CT molecular complexity index is 3940. The molecular formula is C63H48F3N3. The van der Waals surface area contributed by atoms with Crippen molar-refractivity contribution in [2.75, 3.05) is 0 Å². The standard InChI is InChI=1S/C63H48F3N3/c1-36-28-39(4)60(40(5)29-36)43-20-25-56-50(32-43)47-15-9-11-18-54(47)68(56)57-27-22-45(62-38(3)14-13-17-53(62)63(64,65)66)34-52(57)49-24-23-46(67-8)35-59(49)69-55-19-12-10-16-48(55)51-33-44(21-26-58(51)69)61-41(6)30-37(2)31-42(61)7/h9-35H,1-7H3. The first kappa shape index (κ1) is 43.4. The van der Waals surface area contributed by atoms with Crippen molar-refractivity contribution >= 4 is 49.3 Å². The van der Waals surface area contributed by atoms with E-state index < -0.39 is 11.7 Å². The van der Waals surface area contributed by atoms with Crippen molar-refractivity contribution in [2.45, 2.75) is 54.6 Å². The van der Waals surface area contributed by atoms with Crippen LogP contribution in [0, 0.1) is 55.0 Å². The third-order valence-corrected chi connectivity index (χ3v) is 14.0. The van der Waals surface area contributed by atoms with Gasteiger partial charge in [-0.05, 0) is 170 Å². The lowest BCUT2D eigenvalue weighted by Crippen LogP contribution is -2.08. The van der Waals surface area contributed by atoms with Gasteiger partial charge >= 0.3 is 6.18 Å². The highest BCUT2D eigenvalue weighted by molar-refractivity contribution is 6.13. The molecule has 3 nitrogen and oxygen atoms in total. The van der Waals surface area contributed by atoms with E-state index in [-0.39, 0.29) is 5.56 Å². The summed E-state index contributed by atoms with van der Waals surface area (Å²) in [5.41, 5.74) is 19.7. The topological polar surface area (TPSA) is 14.2 Å². The Morgan fingerprint density at radius 3 is 1.39 bits per heavy atom. The second-order valence-electron chi connectivity index (χ2n) is 18.8. The summed E-state index contributed by atoms with van der Waals surface area (Å²) in [6.07, 6.45) is -4.58. The first-order chi connectivity index (χ1) is 33.2. The third kappa shape index (κ3) is 7.11. The number of halogens is 3.